The van der Waals surface area contributed by atoms with Crippen molar-refractivity contribution in [2.45, 2.75) is 64.7 Å². The van der Waals surface area contributed by atoms with Gasteiger partial charge in [0.15, 0.2) is 0 Å². The summed E-state index contributed by atoms with van der Waals surface area (Å²) in [5, 5.41) is 8.25. The van der Waals surface area contributed by atoms with Crippen LogP contribution in [0.3, 0.4) is 0 Å². The number of rotatable bonds is 5. The van der Waals surface area contributed by atoms with Crippen LogP contribution in [0.2, 0.25) is 0 Å². The minimum absolute atomic E-state index is 0.643. The molecule has 3 nitrogen and oxygen atoms in total. The number of aromatic nitrogens is 2. The lowest BCUT2D eigenvalue weighted by Gasteiger charge is -2.28. The van der Waals surface area contributed by atoms with E-state index in [1.54, 1.807) is 0 Å². The first-order chi connectivity index (χ1) is 10.8. The van der Waals surface area contributed by atoms with Crippen LogP contribution >= 0.6 is 0 Å². The molecule has 1 aromatic heterocycles. The van der Waals surface area contributed by atoms with Crippen molar-refractivity contribution in [3.63, 3.8) is 0 Å². The first-order valence-electron chi connectivity index (χ1n) is 8.72. The number of hydrogen-bond donors (Lipinski definition) is 0. The smallest absolute Gasteiger partial charge is 0.247 e. The van der Waals surface area contributed by atoms with Crippen LogP contribution < -0.4 is 0 Å². The molecule has 1 saturated carbocycles. The van der Waals surface area contributed by atoms with E-state index < -0.39 is 0 Å². The summed E-state index contributed by atoms with van der Waals surface area (Å²) >= 11 is 0. The predicted molar refractivity (Wildman–Crippen MR) is 88.7 cm³/mol. The Morgan fingerprint density at radius 2 is 1.73 bits per heavy atom. The van der Waals surface area contributed by atoms with Gasteiger partial charge in [-0.15, -0.1) is 10.2 Å². The Bertz CT molecular complexity index is 580. The van der Waals surface area contributed by atoms with Crippen molar-refractivity contribution in [3.05, 3.63) is 35.7 Å². The standard InChI is InChI=1S/C19H26N2O/c1-3-5-18-20-21-19(22-18)17-12-10-16(11-13-17)15-8-6-14(4-2)7-9-15/h10-15H,3-9H2,1-2H3. The number of benzene rings is 1. The molecule has 0 unspecified atom stereocenters. The first-order valence-corrected chi connectivity index (χ1v) is 8.72. The molecule has 0 amide bonds. The molecule has 1 aromatic carbocycles. The van der Waals surface area contributed by atoms with E-state index in [2.05, 4.69) is 48.3 Å². The second kappa shape index (κ2) is 7.08. The van der Waals surface area contributed by atoms with Gasteiger partial charge in [0.2, 0.25) is 11.8 Å². The summed E-state index contributed by atoms with van der Waals surface area (Å²) in [6.07, 6.45) is 8.65. The highest BCUT2D eigenvalue weighted by molar-refractivity contribution is 5.53. The Labute approximate surface area is 133 Å². The van der Waals surface area contributed by atoms with Crippen LogP contribution in [-0.2, 0) is 6.42 Å². The molecule has 1 aliphatic carbocycles. The monoisotopic (exact) mass is 298 g/mol. The zero-order valence-corrected chi connectivity index (χ0v) is 13.7. The van der Waals surface area contributed by atoms with Gasteiger partial charge in [-0.1, -0.05) is 32.4 Å². The lowest BCUT2D eigenvalue weighted by atomic mass is 9.78. The van der Waals surface area contributed by atoms with Gasteiger partial charge in [0.05, 0.1) is 0 Å². The molecule has 118 valence electrons. The van der Waals surface area contributed by atoms with Gasteiger partial charge >= 0.3 is 0 Å². The molecule has 2 aromatic rings. The third-order valence-electron chi connectivity index (χ3n) is 4.98. The van der Waals surface area contributed by atoms with Gasteiger partial charge in [-0.25, -0.2) is 0 Å². The fraction of sp³-hybridized carbons (Fsp3) is 0.579. The molecule has 0 atom stereocenters. The molecule has 1 fully saturated rings. The Kier molecular flexibility index (Phi) is 4.91. The van der Waals surface area contributed by atoms with Crippen LogP contribution in [0.5, 0.6) is 0 Å². The van der Waals surface area contributed by atoms with Crippen molar-refractivity contribution in [3.8, 4) is 11.5 Å². The fourth-order valence-corrected chi connectivity index (χ4v) is 3.49. The number of nitrogens with zero attached hydrogens (tertiary/aromatic N) is 2. The van der Waals surface area contributed by atoms with Crippen LogP contribution in [-0.4, -0.2) is 10.2 Å². The maximum atomic E-state index is 5.70. The Morgan fingerprint density at radius 1 is 1.00 bits per heavy atom. The molecule has 0 saturated heterocycles. The molecule has 0 N–H and O–H groups in total. The van der Waals surface area contributed by atoms with E-state index in [-0.39, 0.29) is 0 Å². The average Bonchev–Trinajstić information content (AvgIpc) is 3.04. The molecule has 3 heteroatoms. The third-order valence-corrected chi connectivity index (χ3v) is 4.98. The lowest BCUT2D eigenvalue weighted by molar-refractivity contribution is 0.319. The molecular weight excluding hydrogens is 272 g/mol. The molecule has 0 bridgehead atoms. The van der Waals surface area contributed by atoms with E-state index in [0.29, 0.717) is 5.89 Å². The average molecular weight is 298 g/mol. The normalized spacial score (nSPS) is 21.9. The Morgan fingerprint density at radius 3 is 2.36 bits per heavy atom. The van der Waals surface area contributed by atoms with Crippen molar-refractivity contribution >= 4 is 0 Å². The molecule has 3 rings (SSSR count). The fourth-order valence-electron chi connectivity index (χ4n) is 3.49. The van der Waals surface area contributed by atoms with Crippen molar-refractivity contribution in [1.29, 1.82) is 0 Å². The van der Waals surface area contributed by atoms with Crippen LogP contribution in [0.25, 0.3) is 11.5 Å². The molecular formula is C19H26N2O. The second-order valence-corrected chi connectivity index (χ2v) is 6.50. The minimum atomic E-state index is 0.643. The van der Waals surface area contributed by atoms with Crippen LogP contribution in [0.15, 0.2) is 28.7 Å². The number of aryl methyl sites for hydroxylation is 1. The first kappa shape index (κ1) is 15.3. The summed E-state index contributed by atoms with van der Waals surface area (Å²) in [7, 11) is 0. The van der Waals surface area contributed by atoms with Gasteiger partial charge < -0.3 is 4.42 Å². The van der Waals surface area contributed by atoms with E-state index in [0.717, 1.165) is 36.1 Å². The molecule has 1 aliphatic rings. The summed E-state index contributed by atoms with van der Waals surface area (Å²) in [4.78, 5) is 0. The zero-order valence-electron chi connectivity index (χ0n) is 13.7. The minimum Gasteiger partial charge on any atom is -0.421 e. The second-order valence-electron chi connectivity index (χ2n) is 6.50. The Hall–Kier alpha value is -1.64. The van der Waals surface area contributed by atoms with E-state index >= 15 is 0 Å². The lowest BCUT2D eigenvalue weighted by Crippen LogP contribution is -2.12. The van der Waals surface area contributed by atoms with Gasteiger partial charge in [-0.05, 0) is 61.6 Å². The van der Waals surface area contributed by atoms with Gasteiger partial charge in [-0.2, -0.15) is 0 Å². The summed E-state index contributed by atoms with van der Waals surface area (Å²) in [6.45, 7) is 4.43. The van der Waals surface area contributed by atoms with Crippen LogP contribution in [0.4, 0.5) is 0 Å². The predicted octanol–water partition coefficient (Wildman–Crippen LogP) is 5.37. The highest BCUT2D eigenvalue weighted by atomic mass is 16.4. The van der Waals surface area contributed by atoms with Crippen molar-refractivity contribution in [2.75, 3.05) is 0 Å². The van der Waals surface area contributed by atoms with Crippen molar-refractivity contribution in [2.24, 2.45) is 5.92 Å². The Balaban J connectivity index is 1.67. The summed E-state index contributed by atoms with van der Waals surface area (Å²) in [5.41, 5.74) is 2.49. The molecule has 0 aliphatic heterocycles. The van der Waals surface area contributed by atoms with E-state index in [4.69, 9.17) is 4.42 Å². The van der Waals surface area contributed by atoms with Crippen molar-refractivity contribution < 1.29 is 4.42 Å². The summed E-state index contributed by atoms with van der Waals surface area (Å²) in [6, 6.07) is 8.75. The van der Waals surface area contributed by atoms with Gasteiger partial charge in [-0.3, -0.25) is 0 Å². The van der Waals surface area contributed by atoms with Gasteiger partial charge in [0.1, 0.15) is 0 Å². The molecule has 0 radical (unpaired) electrons. The quantitative estimate of drug-likeness (QED) is 0.744. The molecule has 1 heterocycles. The maximum Gasteiger partial charge on any atom is 0.247 e. The zero-order chi connectivity index (χ0) is 15.4. The third kappa shape index (κ3) is 3.40. The maximum absolute atomic E-state index is 5.70. The van der Waals surface area contributed by atoms with E-state index in [1.165, 1.54) is 37.7 Å². The highest BCUT2D eigenvalue weighted by Crippen LogP contribution is 2.37. The van der Waals surface area contributed by atoms with E-state index in [1.807, 2.05) is 0 Å². The highest BCUT2D eigenvalue weighted by Gasteiger charge is 2.21. The summed E-state index contributed by atoms with van der Waals surface area (Å²) < 4.78 is 5.70. The summed E-state index contributed by atoms with van der Waals surface area (Å²) in [5.74, 6) is 3.06. The van der Waals surface area contributed by atoms with Gasteiger partial charge in [0.25, 0.3) is 0 Å². The largest absolute Gasteiger partial charge is 0.421 e. The SMILES string of the molecule is CCCc1nnc(-c2ccc(C3CCC(CC)CC3)cc2)o1. The van der Waals surface area contributed by atoms with Gasteiger partial charge in [0, 0.05) is 12.0 Å². The van der Waals surface area contributed by atoms with Crippen LogP contribution in [0, 0.1) is 5.92 Å². The molecule has 22 heavy (non-hydrogen) atoms. The topological polar surface area (TPSA) is 38.9 Å². The van der Waals surface area contributed by atoms with Crippen molar-refractivity contribution in [1.82, 2.24) is 10.2 Å². The molecule has 0 spiro atoms. The number of hydrogen-bond acceptors (Lipinski definition) is 3. The van der Waals surface area contributed by atoms with E-state index in [9.17, 15) is 0 Å². The van der Waals surface area contributed by atoms with Crippen LogP contribution in [0.1, 0.15) is 69.7 Å².